The van der Waals surface area contributed by atoms with E-state index in [1.807, 2.05) is 16.8 Å². The van der Waals surface area contributed by atoms with Gasteiger partial charge in [-0.05, 0) is 43.9 Å². The van der Waals surface area contributed by atoms with Crippen LogP contribution in [0.4, 0.5) is 10.2 Å². The zero-order valence-corrected chi connectivity index (χ0v) is 14.4. The lowest BCUT2D eigenvalue weighted by Gasteiger charge is -2.27. The van der Waals surface area contributed by atoms with Crippen LogP contribution in [-0.4, -0.2) is 26.5 Å². The van der Waals surface area contributed by atoms with Gasteiger partial charge in [-0.15, -0.1) is 0 Å². The molecule has 1 saturated carbocycles. The van der Waals surface area contributed by atoms with Crippen molar-refractivity contribution in [2.24, 2.45) is 5.73 Å². The topological polar surface area (TPSA) is 68.2 Å². The van der Waals surface area contributed by atoms with Crippen LogP contribution in [0.15, 0.2) is 36.8 Å². The molecule has 0 atom stereocenters. The zero-order valence-electron chi connectivity index (χ0n) is 13.6. The number of imidazole rings is 1. The third-order valence-corrected chi connectivity index (χ3v) is 4.99. The first-order valence-corrected chi connectivity index (χ1v) is 8.79. The van der Waals surface area contributed by atoms with Gasteiger partial charge in [-0.1, -0.05) is 11.6 Å². The molecule has 0 aliphatic heterocycles. The van der Waals surface area contributed by atoms with Crippen LogP contribution in [0.5, 0.6) is 0 Å². The molecule has 1 aliphatic rings. The lowest BCUT2D eigenvalue weighted by Crippen LogP contribution is -2.33. The van der Waals surface area contributed by atoms with Gasteiger partial charge in [0, 0.05) is 36.2 Å². The lowest BCUT2D eigenvalue weighted by molar-refractivity contribution is 0.410. The Kier molecular flexibility index (Phi) is 4.31. The average molecular weight is 360 g/mol. The van der Waals surface area contributed by atoms with Crippen LogP contribution in [0.2, 0.25) is 5.02 Å². The summed E-state index contributed by atoms with van der Waals surface area (Å²) in [5.41, 5.74) is 8.23. The third-order valence-electron chi connectivity index (χ3n) is 4.70. The standard InChI is InChI=1S/C18H19ClFN5/c19-14-9-11(1-6-15(14)20)16-10-25-8-7-22-18(25)17(24-16)23-13-4-2-12(21)3-5-13/h1,6-10,12-13H,2-5,21H2,(H,23,24). The van der Waals surface area contributed by atoms with Crippen LogP contribution >= 0.6 is 11.6 Å². The molecule has 1 fully saturated rings. The van der Waals surface area contributed by atoms with Gasteiger partial charge in [-0.25, -0.2) is 14.4 Å². The Bertz CT molecular complexity index is 902. The Morgan fingerprint density at radius 2 is 2.04 bits per heavy atom. The molecule has 0 saturated heterocycles. The molecule has 0 spiro atoms. The minimum absolute atomic E-state index is 0.0841. The quantitative estimate of drug-likeness (QED) is 0.744. The SMILES string of the molecule is NC1CCC(Nc2nc(-c3ccc(F)c(Cl)c3)cn3ccnc23)CC1. The summed E-state index contributed by atoms with van der Waals surface area (Å²) >= 11 is 5.92. The van der Waals surface area contributed by atoms with Crippen molar-refractivity contribution in [2.45, 2.75) is 37.8 Å². The van der Waals surface area contributed by atoms with Crippen molar-refractivity contribution in [1.29, 1.82) is 0 Å². The van der Waals surface area contributed by atoms with Gasteiger partial charge in [0.25, 0.3) is 0 Å². The molecule has 3 aromatic rings. The number of benzene rings is 1. The van der Waals surface area contributed by atoms with Gasteiger partial charge < -0.3 is 15.5 Å². The summed E-state index contributed by atoms with van der Waals surface area (Å²) in [6, 6.07) is 5.25. The summed E-state index contributed by atoms with van der Waals surface area (Å²) in [6.07, 6.45) is 9.53. The molecule has 1 aromatic carbocycles. The number of hydrogen-bond donors (Lipinski definition) is 2. The number of rotatable bonds is 3. The van der Waals surface area contributed by atoms with Gasteiger partial charge in [0.2, 0.25) is 0 Å². The number of nitrogens with zero attached hydrogens (tertiary/aromatic N) is 3. The van der Waals surface area contributed by atoms with Gasteiger partial charge in [0.1, 0.15) is 5.82 Å². The Labute approximate surface area is 150 Å². The molecule has 3 N–H and O–H groups in total. The van der Waals surface area contributed by atoms with E-state index in [1.54, 1.807) is 18.3 Å². The monoisotopic (exact) mass is 359 g/mol. The first-order valence-electron chi connectivity index (χ1n) is 8.41. The minimum atomic E-state index is -0.439. The Morgan fingerprint density at radius 1 is 1.24 bits per heavy atom. The van der Waals surface area contributed by atoms with Gasteiger partial charge in [-0.3, -0.25) is 0 Å². The van der Waals surface area contributed by atoms with E-state index < -0.39 is 5.82 Å². The van der Waals surface area contributed by atoms with Crippen LogP contribution in [0.25, 0.3) is 16.9 Å². The first-order chi connectivity index (χ1) is 12.1. The summed E-state index contributed by atoms with van der Waals surface area (Å²) in [7, 11) is 0. The molecule has 0 radical (unpaired) electrons. The molecular weight excluding hydrogens is 341 g/mol. The molecule has 1 aliphatic carbocycles. The molecule has 130 valence electrons. The Morgan fingerprint density at radius 3 is 2.80 bits per heavy atom. The summed E-state index contributed by atoms with van der Waals surface area (Å²) in [5, 5.41) is 3.59. The van der Waals surface area contributed by atoms with Crippen LogP contribution in [0.3, 0.4) is 0 Å². The maximum Gasteiger partial charge on any atom is 0.180 e. The highest BCUT2D eigenvalue weighted by atomic mass is 35.5. The lowest BCUT2D eigenvalue weighted by atomic mass is 9.92. The van der Waals surface area contributed by atoms with E-state index in [4.69, 9.17) is 22.3 Å². The highest BCUT2D eigenvalue weighted by Gasteiger charge is 2.20. The smallest absolute Gasteiger partial charge is 0.180 e. The van der Waals surface area contributed by atoms with Crippen molar-refractivity contribution in [3.63, 3.8) is 0 Å². The van der Waals surface area contributed by atoms with E-state index in [9.17, 15) is 4.39 Å². The van der Waals surface area contributed by atoms with Crippen LogP contribution in [-0.2, 0) is 0 Å². The molecule has 0 bridgehead atoms. The number of hydrogen-bond acceptors (Lipinski definition) is 4. The fourth-order valence-electron chi connectivity index (χ4n) is 3.28. The molecular formula is C18H19ClFN5. The normalized spacial score (nSPS) is 20.8. The predicted molar refractivity (Wildman–Crippen MR) is 97.2 cm³/mol. The summed E-state index contributed by atoms with van der Waals surface area (Å²) < 4.78 is 15.4. The Hall–Kier alpha value is -2.18. The van der Waals surface area contributed by atoms with Gasteiger partial charge in [0.15, 0.2) is 11.5 Å². The van der Waals surface area contributed by atoms with Crippen molar-refractivity contribution in [3.8, 4) is 11.3 Å². The average Bonchev–Trinajstić information content (AvgIpc) is 3.08. The van der Waals surface area contributed by atoms with Crippen molar-refractivity contribution >= 4 is 23.1 Å². The van der Waals surface area contributed by atoms with E-state index >= 15 is 0 Å². The second-order valence-electron chi connectivity index (χ2n) is 6.52. The number of nitrogens with two attached hydrogens (primary N) is 1. The van der Waals surface area contributed by atoms with Gasteiger partial charge in [-0.2, -0.15) is 0 Å². The van der Waals surface area contributed by atoms with Crippen molar-refractivity contribution in [2.75, 3.05) is 5.32 Å². The van der Waals surface area contributed by atoms with E-state index in [0.717, 1.165) is 42.7 Å². The summed E-state index contributed by atoms with van der Waals surface area (Å²) in [4.78, 5) is 9.11. The molecule has 4 rings (SSSR count). The Balaban J connectivity index is 1.70. The number of fused-ring (bicyclic) bond motifs is 1. The van der Waals surface area contributed by atoms with Crippen LogP contribution in [0, 0.1) is 5.82 Å². The maximum absolute atomic E-state index is 13.4. The first kappa shape index (κ1) is 16.3. The van der Waals surface area contributed by atoms with Gasteiger partial charge >= 0.3 is 0 Å². The van der Waals surface area contributed by atoms with E-state index in [-0.39, 0.29) is 5.02 Å². The van der Waals surface area contributed by atoms with Crippen LogP contribution in [0.1, 0.15) is 25.7 Å². The number of aromatic nitrogens is 3. The molecule has 0 amide bonds. The molecule has 25 heavy (non-hydrogen) atoms. The minimum Gasteiger partial charge on any atom is -0.364 e. The third kappa shape index (κ3) is 3.32. The summed E-state index contributed by atoms with van der Waals surface area (Å²) in [5.74, 6) is 0.287. The van der Waals surface area contributed by atoms with Crippen molar-refractivity contribution in [3.05, 3.63) is 47.6 Å². The van der Waals surface area contributed by atoms with E-state index in [2.05, 4.69) is 10.3 Å². The zero-order chi connectivity index (χ0) is 17.4. The highest BCUT2D eigenvalue weighted by molar-refractivity contribution is 6.31. The van der Waals surface area contributed by atoms with Crippen molar-refractivity contribution < 1.29 is 4.39 Å². The molecule has 0 unspecified atom stereocenters. The molecule has 5 nitrogen and oxygen atoms in total. The second kappa shape index (κ2) is 6.61. The number of halogens is 2. The second-order valence-corrected chi connectivity index (χ2v) is 6.92. The highest BCUT2D eigenvalue weighted by Crippen LogP contribution is 2.27. The molecule has 7 heteroatoms. The predicted octanol–water partition coefficient (Wildman–Crippen LogP) is 3.87. The summed E-state index contributed by atoms with van der Waals surface area (Å²) in [6.45, 7) is 0. The molecule has 2 heterocycles. The number of nitrogens with one attached hydrogen (secondary N) is 1. The fraction of sp³-hybridized carbons (Fsp3) is 0.333. The van der Waals surface area contributed by atoms with Crippen molar-refractivity contribution in [1.82, 2.24) is 14.4 Å². The largest absolute Gasteiger partial charge is 0.364 e. The fourth-order valence-corrected chi connectivity index (χ4v) is 3.46. The van der Waals surface area contributed by atoms with E-state index in [1.165, 1.54) is 6.07 Å². The van der Waals surface area contributed by atoms with Crippen LogP contribution < -0.4 is 11.1 Å². The van der Waals surface area contributed by atoms with E-state index in [0.29, 0.717) is 17.8 Å². The number of anilines is 1. The maximum atomic E-state index is 13.4. The molecule has 2 aromatic heterocycles. The van der Waals surface area contributed by atoms with Gasteiger partial charge in [0.05, 0.1) is 10.7 Å².